The molecule has 1 aliphatic heterocycles. The van der Waals surface area contributed by atoms with Gasteiger partial charge in [0.2, 0.25) is 11.8 Å². The molecule has 19 heavy (non-hydrogen) atoms. The molecule has 0 radical (unpaired) electrons. The van der Waals surface area contributed by atoms with Crippen molar-refractivity contribution in [3.63, 3.8) is 0 Å². The first-order chi connectivity index (χ1) is 8.90. The summed E-state index contributed by atoms with van der Waals surface area (Å²) in [5, 5.41) is 6.64. The largest absolute Gasteiger partial charge is 0.361 e. The molecule has 2 atom stereocenters. The summed E-state index contributed by atoms with van der Waals surface area (Å²) in [7, 11) is 0. The maximum absolute atomic E-state index is 12.4. The quantitative estimate of drug-likeness (QED) is 0.879. The minimum atomic E-state index is -0.487. The minimum absolute atomic E-state index is 0.0606. The monoisotopic (exact) mass is 265 g/mol. The second kappa shape index (κ2) is 5.03. The van der Waals surface area contributed by atoms with Crippen molar-refractivity contribution in [2.45, 2.75) is 46.3 Å². The predicted molar refractivity (Wildman–Crippen MR) is 68.0 cm³/mol. The van der Waals surface area contributed by atoms with Crippen LogP contribution in [0.15, 0.2) is 10.6 Å². The standard InChI is InChI=1S/C13H19N3O3/c1-7(2)11-13(18)16(9(4)12(17)14-11)6-10-5-8(3)19-15-10/h5,7,9,11H,6H2,1-4H3,(H,14,17). The van der Waals surface area contributed by atoms with Crippen LogP contribution in [0.5, 0.6) is 0 Å². The van der Waals surface area contributed by atoms with Crippen molar-refractivity contribution in [3.8, 4) is 0 Å². The predicted octanol–water partition coefficient (Wildman–Crippen LogP) is 0.855. The van der Waals surface area contributed by atoms with Gasteiger partial charge in [0.05, 0.1) is 6.54 Å². The number of amides is 2. The Balaban J connectivity index is 2.20. The summed E-state index contributed by atoms with van der Waals surface area (Å²) in [6.45, 7) is 7.64. The lowest BCUT2D eigenvalue weighted by molar-refractivity contribution is -0.150. The molecule has 0 aromatic carbocycles. The van der Waals surface area contributed by atoms with E-state index in [1.165, 1.54) is 0 Å². The van der Waals surface area contributed by atoms with Crippen molar-refractivity contribution >= 4 is 11.8 Å². The van der Waals surface area contributed by atoms with Crippen LogP contribution in [-0.4, -0.2) is 34.0 Å². The number of carbonyl (C=O) groups is 2. The van der Waals surface area contributed by atoms with Crippen LogP contribution in [0.3, 0.4) is 0 Å². The van der Waals surface area contributed by atoms with E-state index in [1.54, 1.807) is 24.8 Å². The van der Waals surface area contributed by atoms with Crippen LogP contribution in [0.4, 0.5) is 0 Å². The molecule has 2 heterocycles. The number of nitrogens with zero attached hydrogens (tertiary/aromatic N) is 2. The van der Waals surface area contributed by atoms with Crippen molar-refractivity contribution in [1.82, 2.24) is 15.4 Å². The zero-order valence-corrected chi connectivity index (χ0v) is 11.6. The molecule has 0 saturated carbocycles. The summed E-state index contributed by atoms with van der Waals surface area (Å²) < 4.78 is 4.99. The number of aryl methyl sites for hydroxylation is 1. The number of carbonyl (C=O) groups excluding carboxylic acids is 2. The summed E-state index contributed by atoms with van der Waals surface area (Å²) in [6.07, 6.45) is 0. The highest BCUT2D eigenvalue weighted by Gasteiger charge is 2.39. The average molecular weight is 265 g/mol. The van der Waals surface area contributed by atoms with Gasteiger partial charge in [0.15, 0.2) is 0 Å². The molecular weight excluding hydrogens is 246 g/mol. The molecule has 1 aromatic rings. The third kappa shape index (κ3) is 2.62. The van der Waals surface area contributed by atoms with Crippen LogP contribution in [-0.2, 0) is 16.1 Å². The highest BCUT2D eigenvalue weighted by atomic mass is 16.5. The number of aromatic nitrogens is 1. The Hall–Kier alpha value is -1.85. The normalized spacial score (nSPS) is 23.9. The van der Waals surface area contributed by atoms with Crippen molar-refractivity contribution in [2.75, 3.05) is 0 Å². The summed E-state index contributed by atoms with van der Waals surface area (Å²) in [4.78, 5) is 25.9. The van der Waals surface area contributed by atoms with Gasteiger partial charge in [-0.3, -0.25) is 9.59 Å². The maximum atomic E-state index is 12.4. The molecule has 1 N–H and O–H groups in total. The lowest BCUT2D eigenvalue weighted by atomic mass is 9.98. The smallest absolute Gasteiger partial charge is 0.246 e. The van der Waals surface area contributed by atoms with Crippen molar-refractivity contribution in [2.24, 2.45) is 5.92 Å². The van der Waals surface area contributed by atoms with Crippen molar-refractivity contribution in [1.29, 1.82) is 0 Å². The fourth-order valence-electron chi connectivity index (χ4n) is 2.18. The van der Waals surface area contributed by atoms with Gasteiger partial charge in [-0.1, -0.05) is 19.0 Å². The Bertz CT molecular complexity index is 495. The van der Waals surface area contributed by atoms with Crippen LogP contribution in [0.25, 0.3) is 0 Å². The molecule has 6 nitrogen and oxygen atoms in total. The highest BCUT2D eigenvalue weighted by molar-refractivity contribution is 5.96. The van der Waals surface area contributed by atoms with E-state index in [9.17, 15) is 9.59 Å². The molecule has 1 aromatic heterocycles. The second-order valence-electron chi connectivity index (χ2n) is 5.30. The molecule has 2 unspecified atom stereocenters. The van der Waals surface area contributed by atoms with Crippen LogP contribution in [0.2, 0.25) is 0 Å². The van der Waals surface area contributed by atoms with Gasteiger partial charge in [0.25, 0.3) is 0 Å². The summed E-state index contributed by atoms with van der Waals surface area (Å²) >= 11 is 0. The highest BCUT2D eigenvalue weighted by Crippen LogP contribution is 2.18. The summed E-state index contributed by atoms with van der Waals surface area (Å²) in [5.74, 6) is 0.559. The summed E-state index contributed by atoms with van der Waals surface area (Å²) in [5.41, 5.74) is 0.662. The molecular formula is C13H19N3O3. The minimum Gasteiger partial charge on any atom is -0.361 e. The number of hydrogen-bond donors (Lipinski definition) is 1. The number of piperazine rings is 1. The fraction of sp³-hybridized carbons (Fsp3) is 0.615. The Morgan fingerprint density at radius 2 is 2.16 bits per heavy atom. The van der Waals surface area contributed by atoms with E-state index in [1.807, 2.05) is 13.8 Å². The Kier molecular flexibility index (Phi) is 3.59. The van der Waals surface area contributed by atoms with Gasteiger partial charge in [0.1, 0.15) is 23.5 Å². The first-order valence-corrected chi connectivity index (χ1v) is 6.43. The average Bonchev–Trinajstić information content (AvgIpc) is 2.74. The van der Waals surface area contributed by atoms with Crippen molar-refractivity contribution in [3.05, 3.63) is 17.5 Å². The van der Waals surface area contributed by atoms with Crippen molar-refractivity contribution < 1.29 is 14.1 Å². The Morgan fingerprint density at radius 3 is 2.68 bits per heavy atom. The van der Waals surface area contributed by atoms with Gasteiger partial charge in [-0.15, -0.1) is 0 Å². The van der Waals surface area contributed by atoms with Gasteiger partial charge in [-0.25, -0.2) is 0 Å². The van der Waals surface area contributed by atoms with E-state index in [0.717, 1.165) is 0 Å². The van der Waals surface area contributed by atoms with Gasteiger partial charge in [-0.05, 0) is 19.8 Å². The second-order valence-corrected chi connectivity index (χ2v) is 5.30. The zero-order valence-electron chi connectivity index (χ0n) is 11.6. The van der Waals surface area contributed by atoms with E-state index in [0.29, 0.717) is 18.0 Å². The van der Waals surface area contributed by atoms with Gasteiger partial charge in [-0.2, -0.15) is 0 Å². The molecule has 2 amide bonds. The van der Waals surface area contributed by atoms with E-state index in [-0.39, 0.29) is 17.7 Å². The van der Waals surface area contributed by atoms with E-state index < -0.39 is 12.1 Å². The number of nitrogens with one attached hydrogen (secondary N) is 1. The van der Waals surface area contributed by atoms with Crippen LogP contribution < -0.4 is 5.32 Å². The lowest BCUT2D eigenvalue weighted by Gasteiger charge is -2.38. The van der Waals surface area contributed by atoms with Gasteiger partial charge >= 0.3 is 0 Å². The topological polar surface area (TPSA) is 75.4 Å². The molecule has 0 bridgehead atoms. The van der Waals surface area contributed by atoms with Crippen LogP contribution >= 0.6 is 0 Å². The molecule has 0 aliphatic carbocycles. The number of hydrogen-bond acceptors (Lipinski definition) is 4. The van der Waals surface area contributed by atoms with E-state index in [4.69, 9.17) is 4.52 Å². The third-order valence-electron chi connectivity index (χ3n) is 3.37. The molecule has 1 saturated heterocycles. The SMILES string of the molecule is Cc1cc(CN2C(=O)C(C(C)C)NC(=O)C2C)no1. The Morgan fingerprint density at radius 1 is 1.47 bits per heavy atom. The number of rotatable bonds is 3. The summed E-state index contributed by atoms with van der Waals surface area (Å²) in [6, 6.07) is 0.827. The van der Waals surface area contributed by atoms with E-state index in [2.05, 4.69) is 10.5 Å². The Labute approximate surface area is 112 Å². The fourth-order valence-corrected chi connectivity index (χ4v) is 2.18. The molecule has 1 fully saturated rings. The lowest BCUT2D eigenvalue weighted by Crippen LogP contribution is -2.63. The van der Waals surface area contributed by atoms with Crippen LogP contribution in [0.1, 0.15) is 32.2 Å². The first-order valence-electron chi connectivity index (χ1n) is 6.43. The molecule has 6 heteroatoms. The van der Waals surface area contributed by atoms with Gasteiger partial charge < -0.3 is 14.7 Å². The zero-order chi connectivity index (χ0) is 14.2. The first kappa shape index (κ1) is 13.6. The molecule has 2 rings (SSSR count). The maximum Gasteiger partial charge on any atom is 0.246 e. The molecule has 0 spiro atoms. The molecule has 1 aliphatic rings. The molecule has 104 valence electrons. The van der Waals surface area contributed by atoms with Gasteiger partial charge in [0, 0.05) is 6.07 Å². The van der Waals surface area contributed by atoms with E-state index >= 15 is 0 Å². The third-order valence-corrected chi connectivity index (χ3v) is 3.37. The van der Waals surface area contributed by atoms with Crippen LogP contribution in [0, 0.1) is 12.8 Å².